The Morgan fingerprint density at radius 1 is 1.52 bits per heavy atom. The molecule has 2 rings (SSSR count). The summed E-state index contributed by atoms with van der Waals surface area (Å²) < 4.78 is 15.6. The molecule has 1 fully saturated rings. The van der Waals surface area contributed by atoms with Crippen LogP contribution in [-0.4, -0.2) is 31.9 Å². The fourth-order valence-electron chi connectivity index (χ4n) is 2.04. The highest BCUT2D eigenvalue weighted by Crippen LogP contribution is 2.24. The Bertz CT molecular complexity index is 532. The molecule has 0 spiro atoms. The third-order valence-electron chi connectivity index (χ3n) is 3.18. The zero-order chi connectivity index (χ0) is 15.1. The summed E-state index contributed by atoms with van der Waals surface area (Å²) in [4.78, 5) is 11.3. The quantitative estimate of drug-likeness (QED) is 0.542. The van der Waals surface area contributed by atoms with Crippen LogP contribution in [0.3, 0.4) is 0 Å². The molecule has 1 aliphatic heterocycles. The van der Waals surface area contributed by atoms with Gasteiger partial charge in [0.1, 0.15) is 24.5 Å². The molecule has 5 heteroatoms. The lowest BCUT2D eigenvalue weighted by molar-refractivity contribution is -0.143. The predicted molar refractivity (Wildman–Crippen MR) is 76.0 cm³/mol. The number of nitrogens with zero attached hydrogens (tertiary/aromatic N) is 1. The molecule has 1 heterocycles. The SMILES string of the molecule is CCOC(=O)CCCc1cccc(OCC2CO2)c1C#N. The van der Waals surface area contributed by atoms with Crippen LogP contribution >= 0.6 is 0 Å². The van der Waals surface area contributed by atoms with Crippen molar-refractivity contribution in [3.8, 4) is 11.8 Å². The number of hydrogen-bond donors (Lipinski definition) is 0. The van der Waals surface area contributed by atoms with Crippen LogP contribution in [0.25, 0.3) is 0 Å². The van der Waals surface area contributed by atoms with Gasteiger partial charge in [-0.15, -0.1) is 0 Å². The lowest BCUT2D eigenvalue weighted by Gasteiger charge is -2.10. The standard InChI is InChI=1S/C16H19NO4/c1-2-19-16(18)8-4-6-12-5-3-7-15(14(12)9-17)21-11-13-10-20-13/h3,5,7,13H,2,4,6,8,10-11H2,1H3. The van der Waals surface area contributed by atoms with E-state index in [4.69, 9.17) is 14.2 Å². The summed E-state index contributed by atoms with van der Waals surface area (Å²) in [6, 6.07) is 7.73. The average molecular weight is 289 g/mol. The monoisotopic (exact) mass is 289 g/mol. The Morgan fingerprint density at radius 2 is 2.33 bits per heavy atom. The van der Waals surface area contributed by atoms with Gasteiger partial charge in [0.2, 0.25) is 0 Å². The molecule has 0 aliphatic carbocycles. The molecule has 1 aromatic carbocycles. The maximum absolute atomic E-state index is 11.3. The molecule has 1 saturated heterocycles. The van der Waals surface area contributed by atoms with Crippen molar-refractivity contribution < 1.29 is 19.0 Å². The summed E-state index contributed by atoms with van der Waals surface area (Å²) in [5.74, 6) is 0.385. The normalized spacial score (nSPS) is 16.1. The molecule has 0 bridgehead atoms. The molecule has 1 atom stereocenters. The van der Waals surface area contributed by atoms with Crippen molar-refractivity contribution in [2.24, 2.45) is 0 Å². The number of esters is 1. The van der Waals surface area contributed by atoms with E-state index < -0.39 is 0 Å². The molecule has 0 aromatic heterocycles. The molecule has 0 N–H and O–H groups in total. The van der Waals surface area contributed by atoms with Crippen molar-refractivity contribution in [1.82, 2.24) is 0 Å². The van der Waals surface area contributed by atoms with Gasteiger partial charge in [0.05, 0.1) is 18.8 Å². The zero-order valence-electron chi connectivity index (χ0n) is 12.1. The van der Waals surface area contributed by atoms with E-state index in [0.717, 1.165) is 12.2 Å². The van der Waals surface area contributed by atoms with Gasteiger partial charge in [-0.05, 0) is 31.4 Å². The van der Waals surface area contributed by atoms with Crippen LogP contribution in [0.1, 0.15) is 30.9 Å². The van der Waals surface area contributed by atoms with Gasteiger partial charge in [0, 0.05) is 6.42 Å². The summed E-state index contributed by atoms with van der Waals surface area (Å²) in [6.07, 6.45) is 1.82. The first-order valence-corrected chi connectivity index (χ1v) is 7.16. The van der Waals surface area contributed by atoms with Gasteiger partial charge in [0.15, 0.2) is 0 Å². The van der Waals surface area contributed by atoms with Crippen LogP contribution in [0.15, 0.2) is 18.2 Å². The van der Waals surface area contributed by atoms with Gasteiger partial charge < -0.3 is 14.2 Å². The van der Waals surface area contributed by atoms with Crippen LogP contribution < -0.4 is 4.74 Å². The second kappa shape index (κ2) is 7.65. The summed E-state index contributed by atoms with van der Waals surface area (Å²) in [7, 11) is 0. The number of ether oxygens (including phenoxy) is 3. The van der Waals surface area contributed by atoms with E-state index in [2.05, 4.69) is 6.07 Å². The van der Waals surface area contributed by atoms with Crippen molar-refractivity contribution in [1.29, 1.82) is 5.26 Å². The van der Waals surface area contributed by atoms with E-state index in [-0.39, 0.29) is 12.1 Å². The maximum Gasteiger partial charge on any atom is 0.305 e. The van der Waals surface area contributed by atoms with Crippen molar-refractivity contribution >= 4 is 5.97 Å². The minimum Gasteiger partial charge on any atom is -0.489 e. The number of aryl methyl sites for hydroxylation is 1. The van der Waals surface area contributed by atoms with Crippen LogP contribution in [0.2, 0.25) is 0 Å². The number of rotatable bonds is 8. The highest BCUT2D eigenvalue weighted by molar-refractivity contribution is 5.69. The molecule has 1 unspecified atom stereocenters. The van der Waals surface area contributed by atoms with Gasteiger partial charge in [-0.1, -0.05) is 12.1 Å². The minimum absolute atomic E-state index is 0.156. The average Bonchev–Trinajstić information content (AvgIpc) is 3.29. The van der Waals surface area contributed by atoms with Crippen molar-refractivity contribution in [2.45, 2.75) is 32.3 Å². The third kappa shape index (κ3) is 4.76. The Kier molecular flexibility index (Phi) is 5.59. The molecule has 112 valence electrons. The fraction of sp³-hybridized carbons (Fsp3) is 0.500. The molecule has 0 saturated carbocycles. The van der Waals surface area contributed by atoms with Crippen LogP contribution in [-0.2, 0) is 20.7 Å². The molecular weight excluding hydrogens is 270 g/mol. The Hall–Kier alpha value is -2.06. The zero-order valence-corrected chi connectivity index (χ0v) is 12.1. The van der Waals surface area contributed by atoms with E-state index in [0.29, 0.717) is 43.8 Å². The van der Waals surface area contributed by atoms with Crippen LogP contribution in [0.4, 0.5) is 0 Å². The van der Waals surface area contributed by atoms with E-state index >= 15 is 0 Å². The number of carbonyl (C=O) groups is 1. The van der Waals surface area contributed by atoms with Gasteiger partial charge >= 0.3 is 5.97 Å². The lowest BCUT2D eigenvalue weighted by atomic mass is 10.0. The van der Waals surface area contributed by atoms with E-state index in [9.17, 15) is 10.1 Å². The third-order valence-corrected chi connectivity index (χ3v) is 3.18. The van der Waals surface area contributed by atoms with E-state index in [1.165, 1.54) is 0 Å². The summed E-state index contributed by atoms with van der Waals surface area (Å²) in [5, 5.41) is 9.32. The highest BCUT2D eigenvalue weighted by Gasteiger charge is 2.23. The van der Waals surface area contributed by atoms with Gasteiger partial charge in [0.25, 0.3) is 0 Å². The van der Waals surface area contributed by atoms with Crippen molar-refractivity contribution in [3.05, 3.63) is 29.3 Å². The first-order chi connectivity index (χ1) is 10.2. The summed E-state index contributed by atoms with van der Waals surface area (Å²) >= 11 is 0. The second-order valence-electron chi connectivity index (χ2n) is 4.83. The Labute approximate surface area is 124 Å². The molecule has 1 aliphatic rings. The van der Waals surface area contributed by atoms with Crippen LogP contribution in [0, 0.1) is 11.3 Å². The van der Waals surface area contributed by atoms with E-state index in [1.807, 2.05) is 12.1 Å². The number of nitriles is 1. The van der Waals surface area contributed by atoms with Gasteiger partial charge in [-0.2, -0.15) is 5.26 Å². The Balaban J connectivity index is 1.93. The van der Waals surface area contributed by atoms with Crippen molar-refractivity contribution in [2.75, 3.05) is 19.8 Å². The lowest BCUT2D eigenvalue weighted by Crippen LogP contribution is -2.07. The number of carbonyl (C=O) groups excluding carboxylic acids is 1. The van der Waals surface area contributed by atoms with E-state index in [1.54, 1.807) is 13.0 Å². The first-order valence-electron chi connectivity index (χ1n) is 7.16. The molecular formula is C16H19NO4. The predicted octanol–water partition coefficient (Wildman–Crippen LogP) is 2.22. The summed E-state index contributed by atoms with van der Waals surface area (Å²) in [5.41, 5.74) is 1.44. The van der Waals surface area contributed by atoms with Crippen molar-refractivity contribution in [3.63, 3.8) is 0 Å². The highest BCUT2D eigenvalue weighted by atomic mass is 16.6. The van der Waals surface area contributed by atoms with Crippen LogP contribution in [0.5, 0.6) is 5.75 Å². The fourth-order valence-corrected chi connectivity index (χ4v) is 2.04. The molecule has 5 nitrogen and oxygen atoms in total. The molecule has 1 aromatic rings. The minimum atomic E-state index is -0.200. The molecule has 0 radical (unpaired) electrons. The molecule has 21 heavy (non-hydrogen) atoms. The molecule has 0 amide bonds. The number of epoxide rings is 1. The Morgan fingerprint density at radius 3 is 3.00 bits per heavy atom. The number of benzene rings is 1. The topological polar surface area (TPSA) is 71.8 Å². The summed E-state index contributed by atoms with van der Waals surface area (Å²) in [6.45, 7) is 3.38. The first kappa shape index (κ1) is 15.3. The largest absolute Gasteiger partial charge is 0.489 e. The van der Waals surface area contributed by atoms with Gasteiger partial charge in [-0.3, -0.25) is 4.79 Å². The maximum atomic E-state index is 11.3. The van der Waals surface area contributed by atoms with Gasteiger partial charge in [-0.25, -0.2) is 0 Å². The second-order valence-corrected chi connectivity index (χ2v) is 4.83. The smallest absolute Gasteiger partial charge is 0.305 e. The number of hydrogen-bond acceptors (Lipinski definition) is 5.